The summed E-state index contributed by atoms with van der Waals surface area (Å²) >= 11 is 0. The summed E-state index contributed by atoms with van der Waals surface area (Å²) in [4.78, 5) is 27.1. The summed E-state index contributed by atoms with van der Waals surface area (Å²) in [5.74, 6) is -0.739. The van der Waals surface area contributed by atoms with Crippen molar-refractivity contribution in [3.05, 3.63) is 0 Å². The number of nitrogens with zero attached hydrogens (tertiary/aromatic N) is 3. The summed E-state index contributed by atoms with van der Waals surface area (Å²) in [7, 11) is 5.40. The molecular weight excluding hydrogens is 442 g/mol. The van der Waals surface area contributed by atoms with E-state index in [4.69, 9.17) is 5.11 Å². The van der Waals surface area contributed by atoms with Crippen LogP contribution in [-0.4, -0.2) is 79.6 Å². The molecule has 0 amide bonds. The lowest BCUT2D eigenvalue weighted by Crippen LogP contribution is -2.45. The van der Waals surface area contributed by atoms with E-state index in [1.165, 1.54) is 96.3 Å². The highest BCUT2D eigenvalue weighted by atomic mass is 16.4. The third-order valence-corrected chi connectivity index (χ3v) is 6.21. The number of unbranched alkanes of at least 4 members (excludes halogenated alkanes) is 15. The van der Waals surface area contributed by atoms with Crippen molar-refractivity contribution in [3.63, 3.8) is 0 Å². The number of carbonyl (C=O) groups excluding carboxylic acids is 1. The zero-order valence-corrected chi connectivity index (χ0v) is 23.4. The first-order valence-corrected chi connectivity index (χ1v) is 14.2. The Morgan fingerprint density at radius 2 is 1.26 bits per heavy atom. The number of carbonyl (C=O) groups is 2. The Morgan fingerprint density at radius 3 is 1.60 bits per heavy atom. The minimum Gasteiger partial charge on any atom is -0.544 e. The average Bonchev–Trinajstić information content (AvgIpc) is 3.18. The topological polar surface area (TPSA) is 93.0 Å². The quantitative estimate of drug-likeness (QED) is 0.180. The van der Waals surface area contributed by atoms with E-state index in [-0.39, 0.29) is 13.1 Å². The third-order valence-electron chi connectivity index (χ3n) is 6.21. The molecule has 1 aliphatic rings. The summed E-state index contributed by atoms with van der Waals surface area (Å²) in [6.07, 6.45) is 23.0. The van der Waals surface area contributed by atoms with E-state index in [1.807, 2.05) is 4.90 Å². The van der Waals surface area contributed by atoms with Crippen LogP contribution in [0.5, 0.6) is 0 Å². The molecule has 0 bridgehead atoms. The van der Waals surface area contributed by atoms with Gasteiger partial charge in [0.15, 0.2) is 0 Å². The van der Waals surface area contributed by atoms with Gasteiger partial charge in [-0.15, -0.1) is 0 Å². The van der Waals surface area contributed by atoms with Crippen LogP contribution in [0.25, 0.3) is 0 Å². The number of rotatable bonds is 21. The first-order chi connectivity index (χ1) is 16.7. The number of aliphatic carboxylic acids is 2. The molecule has 7 heteroatoms. The monoisotopic (exact) mass is 497 g/mol. The number of likely N-dealkylation sites (N-methyl/N-ethyl adjacent to an activating group) is 1. The predicted molar refractivity (Wildman–Crippen MR) is 144 cm³/mol. The fourth-order valence-corrected chi connectivity index (χ4v) is 4.32. The molecule has 0 spiro atoms. The van der Waals surface area contributed by atoms with Crippen LogP contribution in [0.2, 0.25) is 0 Å². The molecule has 0 unspecified atom stereocenters. The molecule has 0 aromatic heterocycles. The maximum atomic E-state index is 10.8. The zero-order chi connectivity index (χ0) is 26.4. The highest BCUT2D eigenvalue weighted by Crippen LogP contribution is 2.15. The van der Waals surface area contributed by atoms with Gasteiger partial charge in [0, 0.05) is 13.0 Å². The van der Waals surface area contributed by atoms with Crippen molar-refractivity contribution in [2.24, 2.45) is 4.99 Å². The fraction of sp³-hybridized carbons (Fsp3) is 0.893. The molecule has 0 aromatic rings. The molecule has 0 aliphatic carbocycles. The zero-order valence-electron chi connectivity index (χ0n) is 23.4. The van der Waals surface area contributed by atoms with E-state index in [1.54, 1.807) is 21.1 Å². The van der Waals surface area contributed by atoms with Crippen LogP contribution in [0.15, 0.2) is 4.99 Å². The number of amidine groups is 1. The maximum absolute atomic E-state index is 10.8. The number of carboxylic acids is 2. The van der Waals surface area contributed by atoms with Gasteiger partial charge in [-0.25, -0.2) is 0 Å². The number of hydrogen-bond donors (Lipinski definition) is 1. The lowest BCUT2D eigenvalue weighted by atomic mass is 10.0. The van der Waals surface area contributed by atoms with Gasteiger partial charge in [0.2, 0.25) is 0 Å². The summed E-state index contributed by atoms with van der Waals surface area (Å²) in [6, 6.07) is 0. The number of hydrogen-bond acceptors (Lipinski definition) is 5. The van der Waals surface area contributed by atoms with Gasteiger partial charge >= 0.3 is 5.97 Å². The molecule has 0 saturated carbocycles. The minimum atomic E-state index is -1.00. The molecule has 1 aliphatic heterocycles. The summed E-state index contributed by atoms with van der Waals surface area (Å²) < 4.78 is 0.419. The highest BCUT2D eigenvalue weighted by Gasteiger charge is 2.18. The van der Waals surface area contributed by atoms with E-state index in [0.717, 1.165) is 31.8 Å². The number of quaternary nitrogens is 1. The summed E-state index contributed by atoms with van der Waals surface area (Å²) in [5.41, 5.74) is 0. The second kappa shape index (κ2) is 21.6. The van der Waals surface area contributed by atoms with E-state index < -0.39 is 11.9 Å². The molecule has 0 aromatic carbocycles. The maximum Gasteiger partial charge on any atom is 0.323 e. The van der Waals surface area contributed by atoms with Crippen molar-refractivity contribution < 1.29 is 24.3 Å². The van der Waals surface area contributed by atoms with Gasteiger partial charge in [-0.3, -0.25) is 9.79 Å². The normalized spacial score (nSPS) is 13.4. The van der Waals surface area contributed by atoms with Crippen LogP contribution in [0.3, 0.4) is 0 Å². The highest BCUT2D eigenvalue weighted by molar-refractivity contribution is 5.86. The van der Waals surface area contributed by atoms with E-state index in [9.17, 15) is 14.7 Å². The van der Waals surface area contributed by atoms with Crippen LogP contribution in [0, 0.1) is 0 Å². The van der Waals surface area contributed by atoms with Gasteiger partial charge < -0.3 is 24.4 Å². The smallest absolute Gasteiger partial charge is 0.323 e. The van der Waals surface area contributed by atoms with Crippen molar-refractivity contribution in [2.75, 3.05) is 47.3 Å². The number of carboxylic acid groups (broad SMARTS) is 2. The molecule has 1 rings (SSSR count). The molecule has 35 heavy (non-hydrogen) atoms. The first kappa shape index (κ1) is 33.4. The van der Waals surface area contributed by atoms with E-state index in [2.05, 4.69) is 11.9 Å². The lowest BCUT2D eigenvalue weighted by molar-refractivity contribution is -0.864. The van der Waals surface area contributed by atoms with E-state index >= 15 is 0 Å². The first-order valence-electron chi connectivity index (χ1n) is 14.2. The van der Waals surface area contributed by atoms with Crippen LogP contribution >= 0.6 is 0 Å². The van der Waals surface area contributed by atoms with Crippen molar-refractivity contribution in [1.82, 2.24) is 4.90 Å². The number of aliphatic imine (C=N–C) groups is 1. The molecular formula is C28H55N3O4. The SMILES string of the molecule is CCCCCCCCCCCCCCCCCCC1=NCCN1CC(=O)O.C[N+](C)(C)CC(=O)[O-]. The summed E-state index contributed by atoms with van der Waals surface area (Å²) in [5, 5.41) is 18.8. The second-order valence-electron chi connectivity index (χ2n) is 11.0. The fourth-order valence-electron chi connectivity index (χ4n) is 4.32. The Bertz CT molecular complexity index is 573. The Morgan fingerprint density at radius 1 is 0.829 bits per heavy atom. The Kier molecular flexibility index (Phi) is 20.6. The lowest BCUT2D eigenvalue weighted by Gasteiger charge is -2.23. The third kappa shape index (κ3) is 23.9. The Balaban J connectivity index is 0.00000124. The van der Waals surface area contributed by atoms with Gasteiger partial charge in [-0.05, 0) is 6.42 Å². The largest absolute Gasteiger partial charge is 0.544 e. The minimum absolute atomic E-state index is 0.0694. The van der Waals surface area contributed by atoms with Crippen molar-refractivity contribution >= 4 is 17.8 Å². The van der Waals surface area contributed by atoms with Gasteiger partial charge in [-0.1, -0.05) is 103 Å². The molecule has 0 atom stereocenters. The molecule has 0 fully saturated rings. The van der Waals surface area contributed by atoms with Crippen molar-refractivity contribution in [3.8, 4) is 0 Å². The Labute approximate surface area is 215 Å². The molecule has 1 N–H and O–H groups in total. The van der Waals surface area contributed by atoms with E-state index in [0.29, 0.717) is 4.48 Å². The second-order valence-corrected chi connectivity index (χ2v) is 11.0. The van der Waals surface area contributed by atoms with Crippen LogP contribution in [0.4, 0.5) is 0 Å². The molecule has 206 valence electrons. The van der Waals surface area contributed by atoms with Gasteiger partial charge in [0.25, 0.3) is 0 Å². The molecule has 7 nitrogen and oxygen atoms in total. The molecule has 0 saturated heterocycles. The molecule has 0 radical (unpaired) electrons. The van der Waals surface area contributed by atoms with Crippen LogP contribution < -0.4 is 5.11 Å². The van der Waals surface area contributed by atoms with Crippen LogP contribution in [-0.2, 0) is 9.59 Å². The van der Waals surface area contributed by atoms with Crippen molar-refractivity contribution in [1.29, 1.82) is 0 Å². The van der Waals surface area contributed by atoms with Gasteiger partial charge in [0.1, 0.15) is 13.1 Å². The standard InChI is InChI=1S/C23H44N2O2.C5H11NO2/c1-2-3-4-5-6-7-8-9-10-11-12-13-14-15-16-17-18-22-24-19-20-25(22)21-23(26)27;1-6(2,3)4-5(7)8/h2-21H2,1H3,(H,26,27);4H2,1-3H3. The average molecular weight is 498 g/mol. The van der Waals surface area contributed by atoms with Gasteiger partial charge in [0.05, 0.1) is 39.5 Å². The van der Waals surface area contributed by atoms with Crippen LogP contribution in [0.1, 0.15) is 116 Å². The molecule has 1 heterocycles. The van der Waals surface area contributed by atoms with Gasteiger partial charge in [-0.2, -0.15) is 0 Å². The predicted octanol–water partition coefficient (Wildman–Crippen LogP) is 4.88. The van der Waals surface area contributed by atoms with Crippen molar-refractivity contribution in [2.45, 2.75) is 116 Å². The summed E-state index contributed by atoms with van der Waals surface area (Å²) in [6.45, 7) is 4.00. The Hall–Kier alpha value is -1.63.